The Balaban J connectivity index is 1.57. The van der Waals surface area contributed by atoms with E-state index in [9.17, 15) is 5.11 Å². The number of rotatable bonds is 5. The third kappa shape index (κ3) is 2.39. The molecule has 1 N–H and O–H groups in total. The third-order valence-corrected chi connectivity index (χ3v) is 6.19. The van der Waals surface area contributed by atoms with Crippen LogP contribution in [0.4, 0.5) is 0 Å². The van der Waals surface area contributed by atoms with E-state index in [1.54, 1.807) is 0 Å². The first-order chi connectivity index (χ1) is 10.8. The summed E-state index contributed by atoms with van der Waals surface area (Å²) >= 11 is 1.53. The zero-order valence-electron chi connectivity index (χ0n) is 12.7. The highest BCUT2D eigenvalue weighted by Crippen LogP contribution is 2.51. The molecule has 0 unspecified atom stereocenters. The number of hydrogen-bond acceptors (Lipinski definition) is 4. The lowest BCUT2D eigenvalue weighted by Crippen LogP contribution is -2.41. The summed E-state index contributed by atoms with van der Waals surface area (Å²) in [6.07, 6.45) is 6.60. The van der Waals surface area contributed by atoms with Gasteiger partial charge in [0.2, 0.25) is 0 Å². The summed E-state index contributed by atoms with van der Waals surface area (Å²) in [5, 5.41) is 12.4. The first-order valence-electron chi connectivity index (χ1n) is 8.09. The summed E-state index contributed by atoms with van der Waals surface area (Å²) in [6, 6.07) is 11.8. The summed E-state index contributed by atoms with van der Waals surface area (Å²) < 4.78 is 4.22. The molecule has 0 saturated carbocycles. The molecule has 2 saturated heterocycles. The molecule has 4 heteroatoms. The first kappa shape index (κ1) is 14.4. The maximum absolute atomic E-state index is 10.2. The van der Waals surface area contributed by atoms with Crippen LogP contribution >= 0.6 is 11.5 Å². The fourth-order valence-electron chi connectivity index (χ4n) is 4.59. The van der Waals surface area contributed by atoms with Crippen LogP contribution in [0, 0.1) is 5.41 Å². The highest BCUT2D eigenvalue weighted by Gasteiger charge is 2.55. The van der Waals surface area contributed by atoms with Crippen molar-refractivity contribution in [3.63, 3.8) is 0 Å². The SMILES string of the molecule is OC[C@]1(Cc2ccccc2)C[C@@H]2CC[C@H]1N2Cc1cnsc1. The summed E-state index contributed by atoms with van der Waals surface area (Å²) in [4.78, 5) is 2.63. The lowest BCUT2D eigenvalue weighted by atomic mass is 9.70. The van der Waals surface area contributed by atoms with E-state index >= 15 is 0 Å². The van der Waals surface area contributed by atoms with E-state index in [-0.39, 0.29) is 5.41 Å². The molecule has 0 amide bonds. The van der Waals surface area contributed by atoms with Gasteiger partial charge in [-0.2, -0.15) is 0 Å². The largest absolute Gasteiger partial charge is 0.396 e. The number of fused-ring (bicyclic) bond motifs is 2. The van der Waals surface area contributed by atoms with Crippen molar-refractivity contribution in [2.24, 2.45) is 5.41 Å². The van der Waals surface area contributed by atoms with Gasteiger partial charge in [-0.05, 0) is 48.3 Å². The lowest BCUT2D eigenvalue weighted by Gasteiger charge is -2.36. The van der Waals surface area contributed by atoms with E-state index in [0.29, 0.717) is 18.7 Å². The van der Waals surface area contributed by atoms with Gasteiger partial charge in [0.1, 0.15) is 0 Å². The molecule has 0 radical (unpaired) electrons. The molecule has 22 heavy (non-hydrogen) atoms. The Morgan fingerprint density at radius 1 is 1.23 bits per heavy atom. The number of aliphatic hydroxyl groups is 1. The van der Waals surface area contributed by atoms with Crippen molar-refractivity contribution in [1.82, 2.24) is 9.27 Å². The van der Waals surface area contributed by atoms with Gasteiger partial charge in [-0.1, -0.05) is 30.3 Å². The van der Waals surface area contributed by atoms with Gasteiger partial charge in [0.15, 0.2) is 0 Å². The van der Waals surface area contributed by atoms with Crippen molar-refractivity contribution >= 4 is 11.5 Å². The van der Waals surface area contributed by atoms with E-state index in [4.69, 9.17) is 0 Å². The molecule has 2 aliphatic rings. The van der Waals surface area contributed by atoms with Crippen LogP contribution in [0.3, 0.4) is 0 Å². The Bertz CT molecular complexity index is 615. The molecule has 2 aliphatic heterocycles. The fourth-order valence-corrected chi connectivity index (χ4v) is 5.12. The predicted octanol–water partition coefficient (Wildman–Crippen LogP) is 3.10. The highest BCUT2D eigenvalue weighted by molar-refractivity contribution is 7.03. The molecule has 2 fully saturated rings. The van der Waals surface area contributed by atoms with E-state index in [2.05, 4.69) is 45.0 Å². The molecule has 0 spiro atoms. The minimum Gasteiger partial charge on any atom is -0.396 e. The fraction of sp³-hybridized carbons (Fsp3) is 0.500. The van der Waals surface area contributed by atoms with Gasteiger partial charge in [-0.15, -0.1) is 0 Å². The van der Waals surface area contributed by atoms with Crippen LogP contribution in [-0.2, 0) is 13.0 Å². The van der Waals surface area contributed by atoms with Crippen LogP contribution < -0.4 is 0 Å². The molecule has 0 aliphatic carbocycles. The molecule has 116 valence electrons. The third-order valence-electron chi connectivity index (χ3n) is 5.55. The Hall–Kier alpha value is -1.23. The van der Waals surface area contributed by atoms with Crippen molar-refractivity contribution in [1.29, 1.82) is 0 Å². The molecule has 4 rings (SSSR count). The van der Waals surface area contributed by atoms with Crippen LogP contribution in [0.5, 0.6) is 0 Å². The number of aromatic nitrogens is 1. The minimum atomic E-state index is 0.0354. The normalized spacial score (nSPS) is 31.0. The summed E-state index contributed by atoms with van der Waals surface area (Å²) in [5.74, 6) is 0. The van der Waals surface area contributed by atoms with Gasteiger partial charge in [0.25, 0.3) is 0 Å². The van der Waals surface area contributed by atoms with Crippen molar-refractivity contribution in [3.05, 3.63) is 53.0 Å². The molecule has 3 heterocycles. The van der Waals surface area contributed by atoms with Gasteiger partial charge in [-0.3, -0.25) is 4.90 Å². The van der Waals surface area contributed by atoms with Gasteiger partial charge < -0.3 is 5.11 Å². The van der Waals surface area contributed by atoms with Crippen LogP contribution in [0.1, 0.15) is 30.4 Å². The molecule has 2 bridgehead atoms. The van der Waals surface area contributed by atoms with Crippen LogP contribution in [0.2, 0.25) is 0 Å². The predicted molar refractivity (Wildman–Crippen MR) is 88.7 cm³/mol. The van der Waals surface area contributed by atoms with Gasteiger partial charge >= 0.3 is 0 Å². The molecule has 1 aromatic carbocycles. The van der Waals surface area contributed by atoms with Crippen molar-refractivity contribution in [3.8, 4) is 0 Å². The molecular weight excluding hydrogens is 292 g/mol. The number of hydrogen-bond donors (Lipinski definition) is 1. The summed E-state index contributed by atoms with van der Waals surface area (Å²) in [6.45, 7) is 1.28. The maximum Gasteiger partial charge on any atom is 0.0506 e. The quantitative estimate of drug-likeness (QED) is 0.921. The van der Waals surface area contributed by atoms with E-state index < -0.39 is 0 Å². The molecular formula is C18H22N2OS. The number of nitrogens with zero attached hydrogens (tertiary/aromatic N) is 2. The zero-order chi connectivity index (χ0) is 15.0. The van der Waals surface area contributed by atoms with Crippen molar-refractivity contribution in [2.75, 3.05) is 6.61 Å². The Morgan fingerprint density at radius 2 is 2.09 bits per heavy atom. The Labute approximate surface area is 135 Å². The van der Waals surface area contributed by atoms with Gasteiger partial charge in [0, 0.05) is 35.6 Å². The van der Waals surface area contributed by atoms with Gasteiger partial charge in [-0.25, -0.2) is 4.37 Å². The smallest absolute Gasteiger partial charge is 0.0506 e. The average Bonchev–Trinajstić information content (AvgIpc) is 3.26. The van der Waals surface area contributed by atoms with Crippen LogP contribution in [-0.4, -0.2) is 33.1 Å². The van der Waals surface area contributed by atoms with Crippen LogP contribution in [0.25, 0.3) is 0 Å². The Kier molecular flexibility index (Phi) is 3.76. The van der Waals surface area contributed by atoms with Crippen molar-refractivity contribution < 1.29 is 5.11 Å². The maximum atomic E-state index is 10.2. The van der Waals surface area contributed by atoms with Crippen molar-refractivity contribution in [2.45, 2.75) is 44.3 Å². The number of benzene rings is 1. The second kappa shape index (κ2) is 5.76. The highest BCUT2D eigenvalue weighted by atomic mass is 32.1. The summed E-state index contributed by atoms with van der Waals surface area (Å²) in [5.41, 5.74) is 2.70. The van der Waals surface area contributed by atoms with E-state index in [0.717, 1.165) is 19.4 Å². The summed E-state index contributed by atoms with van der Waals surface area (Å²) in [7, 11) is 0. The molecule has 3 nitrogen and oxygen atoms in total. The monoisotopic (exact) mass is 314 g/mol. The lowest BCUT2D eigenvalue weighted by molar-refractivity contribution is 0.0751. The molecule has 3 atom stereocenters. The number of aliphatic hydroxyl groups excluding tert-OH is 1. The second-order valence-electron chi connectivity index (χ2n) is 6.84. The van der Waals surface area contributed by atoms with E-state index in [1.165, 1.54) is 35.5 Å². The zero-order valence-corrected chi connectivity index (χ0v) is 13.5. The standard InChI is InChI=1S/C18H22N2OS/c21-13-18(8-14-4-2-1-3-5-14)9-16-6-7-17(18)20(16)11-15-10-19-22-12-15/h1-5,10,12,16-17,21H,6-9,11,13H2/t16-,17+,18-/m0/s1. The van der Waals surface area contributed by atoms with E-state index in [1.807, 2.05) is 6.20 Å². The first-order valence-corrected chi connectivity index (χ1v) is 8.93. The molecule has 1 aromatic heterocycles. The minimum absolute atomic E-state index is 0.0354. The average molecular weight is 314 g/mol. The van der Waals surface area contributed by atoms with Crippen LogP contribution in [0.15, 0.2) is 41.9 Å². The van der Waals surface area contributed by atoms with Gasteiger partial charge in [0.05, 0.1) is 6.61 Å². The Morgan fingerprint density at radius 3 is 2.82 bits per heavy atom. The molecule has 2 aromatic rings. The topological polar surface area (TPSA) is 36.4 Å². The second-order valence-corrected chi connectivity index (χ2v) is 7.50.